The second-order valence-electron chi connectivity index (χ2n) is 5.40. The molecule has 0 saturated carbocycles. The Morgan fingerprint density at radius 2 is 1.79 bits per heavy atom. The quantitative estimate of drug-likeness (QED) is 0.326. The first-order chi connectivity index (χ1) is 13.1. The molecule has 146 valence electrons. The van der Waals surface area contributed by atoms with E-state index in [1.165, 1.54) is 0 Å². The Hall–Kier alpha value is -2.82. The molecule has 0 N–H and O–H groups in total. The van der Waals surface area contributed by atoms with Gasteiger partial charge in [0.15, 0.2) is 5.78 Å². The predicted octanol–water partition coefficient (Wildman–Crippen LogP) is 5.15. The summed E-state index contributed by atoms with van der Waals surface area (Å²) in [5.41, 5.74) is -0.469. The molecule has 0 saturated heterocycles. The number of nitrogens with zero attached hydrogens (tertiary/aromatic N) is 2. The number of hydrogen-bond donors (Lipinski definition) is 0. The highest BCUT2D eigenvalue weighted by Crippen LogP contribution is 2.30. The van der Waals surface area contributed by atoms with Crippen LogP contribution in [0.5, 0.6) is 0 Å². The molecule has 0 radical (unpaired) electrons. The summed E-state index contributed by atoms with van der Waals surface area (Å²) < 4.78 is 82.1. The maximum absolute atomic E-state index is 14.2. The molecule has 0 amide bonds. The van der Waals surface area contributed by atoms with Gasteiger partial charge in [-0.1, -0.05) is 11.2 Å². The fourth-order valence-corrected chi connectivity index (χ4v) is 2.95. The van der Waals surface area contributed by atoms with E-state index in [1.807, 2.05) is 0 Å². The number of rotatable bonds is 5. The number of aromatic nitrogens is 2. The SMILES string of the molecule is O=C(CSc1ccc(F)cc1F)c1ccc(-c2noc(C(F)(F)F)n2)cc1F. The summed E-state index contributed by atoms with van der Waals surface area (Å²) in [6.45, 7) is 0. The third kappa shape index (κ3) is 4.35. The fourth-order valence-electron chi connectivity index (χ4n) is 2.15. The second-order valence-corrected chi connectivity index (χ2v) is 6.42. The Labute approximate surface area is 157 Å². The van der Waals surface area contributed by atoms with Crippen molar-refractivity contribution in [1.29, 1.82) is 0 Å². The van der Waals surface area contributed by atoms with E-state index in [-0.39, 0.29) is 21.8 Å². The van der Waals surface area contributed by atoms with E-state index in [4.69, 9.17) is 0 Å². The summed E-state index contributed by atoms with van der Waals surface area (Å²) in [6, 6.07) is 5.83. The van der Waals surface area contributed by atoms with Gasteiger partial charge in [0.2, 0.25) is 5.82 Å². The van der Waals surface area contributed by atoms with Gasteiger partial charge >= 0.3 is 12.1 Å². The van der Waals surface area contributed by atoms with Gasteiger partial charge in [-0.3, -0.25) is 4.79 Å². The molecule has 0 bridgehead atoms. The van der Waals surface area contributed by atoms with Crippen LogP contribution in [0.15, 0.2) is 45.8 Å². The summed E-state index contributed by atoms with van der Waals surface area (Å²) >= 11 is 0.751. The molecule has 1 aromatic heterocycles. The summed E-state index contributed by atoms with van der Waals surface area (Å²) in [4.78, 5) is 15.3. The van der Waals surface area contributed by atoms with Crippen LogP contribution in [-0.4, -0.2) is 21.7 Å². The molecule has 3 aromatic rings. The van der Waals surface area contributed by atoms with E-state index in [2.05, 4.69) is 14.7 Å². The number of Topliss-reactive ketones (excluding diaryl/α,β-unsaturated/α-hetero) is 1. The average Bonchev–Trinajstić information content (AvgIpc) is 3.11. The molecule has 0 aliphatic rings. The predicted molar refractivity (Wildman–Crippen MR) is 86.1 cm³/mol. The van der Waals surface area contributed by atoms with Crippen molar-refractivity contribution in [2.75, 3.05) is 5.75 Å². The molecule has 0 unspecified atom stereocenters. The minimum atomic E-state index is -4.84. The van der Waals surface area contributed by atoms with Crippen molar-refractivity contribution in [2.24, 2.45) is 0 Å². The Kier molecular flexibility index (Phi) is 5.45. The minimum Gasteiger partial charge on any atom is -0.329 e. The fraction of sp³-hybridized carbons (Fsp3) is 0.118. The normalized spacial score (nSPS) is 11.6. The lowest BCUT2D eigenvalue weighted by Gasteiger charge is -2.05. The molecule has 1 heterocycles. The van der Waals surface area contributed by atoms with Crippen molar-refractivity contribution < 1.29 is 35.7 Å². The molecule has 2 aromatic carbocycles. The highest BCUT2D eigenvalue weighted by molar-refractivity contribution is 8.00. The minimum absolute atomic E-state index is 0.0123. The number of carbonyl (C=O) groups is 1. The average molecular weight is 418 g/mol. The van der Waals surface area contributed by atoms with Gasteiger partial charge in [-0.15, -0.1) is 11.8 Å². The number of benzene rings is 2. The summed E-state index contributed by atoms with van der Waals surface area (Å²) in [6.07, 6.45) is -4.84. The maximum atomic E-state index is 14.2. The van der Waals surface area contributed by atoms with Crippen molar-refractivity contribution in [3.8, 4) is 11.4 Å². The van der Waals surface area contributed by atoms with Gasteiger partial charge in [0, 0.05) is 16.5 Å². The lowest BCUT2D eigenvalue weighted by atomic mass is 10.1. The Morgan fingerprint density at radius 1 is 1.04 bits per heavy atom. The zero-order valence-electron chi connectivity index (χ0n) is 13.6. The number of halogens is 6. The Morgan fingerprint density at radius 3 is 2.39 bits per heavy atom. The van der Waals surface area contributed by atoms with Gasteiger partial charge in [-0.05, 0) is 24.3 Å². The molecule has 0 spiro atoms. The van der Waals surface area contributed by atoms with Crippen LogP contribution in [0.1, 0.15) is 16.2 Å². The highest BCUT2D eigenvalue weighted by atomic mass is 32.2. The first kappa shape index (κ1) is 19.9. The molecule has 3 rings (SSSR count). The molecule has 0 atom stereocenters. The van der Waals surface area contributed by atoms with E-state index in [0.29, 0.717) is 6.07 Å². The van der Waals surface area contributed by atoms with E-state index >= 15 is 0 Å². The molecule has 11 heteroatoms. The smallest absolute Gasteiger partial charge is 0.329 e. The van der Waals surface area contributed by atoms with Crippen LogP contribution < -0.4 is 0 Å². The van der Waals surface area contributed by atoms with Crippen LogP contribution in [0.2, 0.25) is 0 Å². The lowest BCUT2D eigenvalue weighted by Crippen LogP contribution is -2.06. The zero-order valence-corrected chi connectivity index (χ0v) is 14.4. The van der Waals surface area contributed by atoms with Crippen molar-refractivity contribution in [2.45, 2.75) is 11.1 Å². The van der Waals surface area contributed by atoms with Gasteiger partial charge in [0.1, 0.15) is 17.5 Å². The number of hydrogen-bond acceptors (Lipinski definition) is 5. The van der Waals surface area contributed by atoms with Gasteiger partial charge in [-0.2, -0.15) is 18.2 Å². The molecule has 28 heavy (non-hydrogen) atoms. The van der Waals surface area contributed by atoms with Gasteiger partial charge in [0.05, 0.1) is 11.3 Å². The maximum Gasteiger partial charge on any atom is 0.471 e. The molecule has 0 aliphatic heterocycles. The third-order valence-electron chi connectivity index (χ3n) is 3.45. The van der Waals surface area contributed by atoms with Crippen LogP contribution >= 0.6 is 11.8 Å². The van der Waals surface area contributed by atoms with Gasteiger partial charge in [0.25, 0.3) is 0 Å². The van der Waals surface area contributed by atoms with E-state index in [9.17, 15) is 31.1 Å². The monoisotopic (exact) mass is 418 g/mol. The number of alkyl halides is 3. The zero-order chi connectivity index (χ0) is 20.5. The summed E-state index contributed by atoms with van der Waals surface area (Å²) in [5.74, 6) is -5.74. The van der Waals surface area contributed by atoms with E-state index in [1.54, 1.807) is 0 Å². The first-order valence-electron chi connectivity index (χ1n) is 7.47. The molecular formula is C17H8F6N2O2S. The van der Waals surface area contributed by atoms with Crippen molar-refractivity contribution >= 4 is 17.5 Å². The van der Waals surface area contributed by atoms with Crippen LogP contribution in [0.25, 0.3) is 11.4 Å². The van der Waals surface area contributed by atoms with E-state index in [0.717, 1.165) is 42.1 Å². The largest absolute Gasteiger partial charge is 0.471 e. The Balaban J connectivity index is 1.74. The van der Waals surface area contributed by atoms with Crippen molar-refractivity contribution in [3.63, 3.8) is 0 Å². The molecule has 4 nitrogen and oxygen atoms in total. The Bertz CT molecular complexity index is 1030. The van der Waals surface area contributed by atoms with Crippen molar-refractivity contribution in [3.05, 3.63) is 65.3 Å². The molecule has 0 aliphatic carbocycles. The van der Waals surface area contributed by atoms with Crippen LogP contribution in [-0.2, 0) is 6.18 Å². The number of carbonyl (C=O) groups excluding carboxylic acids is 1. The highest BCUT2D eigenvalue weighted by Gasteiger charge is 2.38. The first-order valence-corrected chi connectivity index (χ1v) is 8.45. The number of thioether (sulfide) groups is 1. The van der Waals surface area contributed by atoms with Crippen LogP contribution in [0, 0.1) is 17.5 Å². The van der Waals surface area contributed by atoms with Gasteiger partial charge in [-0.25, -0.2) is 13.2 Å². The molecule has 0 fully saturated rings. The summed E-state index contributed by atoms with van der Waals surface area (Å²) in [7, 11) is 0. The lowest BCUT2D eigenvalue weighted by molar-refractivity contribution is -0.159. The summed E-state index contributed by atoms with van der Waals surface area (Å²) in [5, 5.41) is 3.13. The van der Waals surface area contributed by atoms with Crippen molar-refractivity contribution in [1.82, 2.24) is 10.1 Å². The second kappa shape index (κ2) is 7.66. The topological polar surface area (TPSA) is 56.0 Å². The standard InChI is InChI=1S/C17H8F6N2O2S/c18-9-2-4-14(12(20)6-9)28-7-13(26)10-3-1-8(5-11(10)19)15-24-16(27-25-15)17(21,22)23/h1-6H,7H2. The number of ketones is 1. The van der Waals surface area contributed by atoms with Crippen LogP contribution in [0.3, 0.4) is 0 Å². The van der Waals surface area contributed by atoms with Crippen LogP contribution in [0.4, 0.5) is 26.3 Å². The van der Waals surface area contributed by atoms with E-state index < -0.39 is 41.1 Å². The third-order valence-corrected chi connectivity index (χ3v) is 4.50. The molecular weight excluding hydrogens is 410 g/mol. The van der Waals surface area contributed by atoms with Gasteiger partial charge < -0.3 is 4.52 Å².